The van der Waals surface area contributed by atoms with Crippen LogP contribution < -0.4 is 14.2 Å². The fourth-order valence-electron chi connectivity index (χ4n) is 2.59. The lowest BCUT2D eigenvalue weighted by molar-refractivity contribution is -0.385. The standard InChI is InChI=1S/C19H16N2O7/c1-25-13-6-4-5-11(7-13)18-20-14(19(22)28-18)8-12-9-16(26-2)17(27-3)10-15(12)21(23)24/h4-10H,1-3H3/b14-8+. The maximum Gasteiger partial charge on any atom is 0.363 e. The summed E-state index contributed by atoms with van der Waals surface area (Å²) in [6, 6.07) is 9.45. The molecule has 0 N–H and O–H groups in total. The molecule has 1 heterocycles. The molecule has 0 atom stereocenters. The number of benzene rings is 2. The molecule has 0 aromatic heterocycles. The molecule has 0 spiro atoms. The Bertz CT molecular complexity index is 1010. The number of rotatable bonds is 6. The van der Waals surface area contributed by atoms with Gasteiger partial charge in [0, 0.05) is 5.56 Å². The summed E-state index contributed by atoms with van der Waals surface area (Å²) < 4.78 is 20.6. The number of nitrogens with zero attached hydrogens (tertiary/aromatic N) is 2. The van der Waals surface area contributed by atoms with Gasteiger partial charge in [0.05, 0.1) is 37.9 Å². The highest BCUT2D eigenvalue weighted by Gasteiger charge is 2.26. The minimum Gasteiger partial charge on any atom is -0.497 e. The van der Waals surface area contributed by atoms with Crippen LogP contribution in [0.25, 0.3) is 6.08 Å². The lowest BCUT2D eigenvalue weighted by Gasteiger charge is -2.08. The van der Waals surface area contributed by atoms with E-state index in [0.29, 0.717) is 11.3 Å². The number of nitro benzene ring substituents is 1. The highest BCUT2D eigenvalue weighted by Crippen LogP contribution is 2.36. The largest absolute Gasteiger partial charge is 0.497 e. The highest BCUT2D eigenvalue weighted by atomic mass is 16.6. The normalized spacial score (nSPS) is 14.5. The number of cyclic esters (lactones) is 1. The number of aliphatic imine (C=N–C) groups is 1. The third kappa shape index (κ3) is 3.63. The van der Waals surface area contributed by atoms with Gasteiger partial charge in [-0.25, -0.2) is 9.79 Å². The number of carbonyl (C=O) groups is 1. The van der Waals surface area contributed by atoms with Gasteiger partial charge in [0.1, 0.15) is 5.75 Å². The third-order valence-electron chi connectivity index (χ3n) is 3.96. The molecule has 28 heavy (non-hydrogen) atoms. The number of hydrogen-bond donors (Lipinski definition) is 0. The van der Waals surface area contributed by atoms with Gasteiger partial charge in [0.15, 0.2) is 17.2 Å². The van der Waals surface area contributed by atoms with Crippen molar-refractivity contribution in [3.63, 3.8) is 0 Å². The monoisotopic (exact) mass is 384 g/mol. The molecule has 0 saturated heterocycles. The Morgan fingerprint density at radius 3 is 2.43 bits per heavy atom. The molecule has 0 amide bonds. The molecular weight excluding hydrogens is 368 g/mol. The number of ether oxygens (including phenoxy) is 4. The first kappa shape index (κ1) is 18.9. The van der Waals surface area contributed by atoms with Crippen LogP contribution in [0.15, 0.2) is 47.1 Å². The van der Waals surface area contributed by atoms with Crippen molar-refractivity contribution in [2.75, 3.05) is 21.3 Å². The zero-order chi connectivity index (χ0) is 20.3. The molecule has 144 valence electrons. The van der Waals surface area contributed by atoms with Gasteiger partial charge in [-0.15, -0.1) is 0 Å². The van der Waals surface area contributed by atoms with Gasteiger partial charge in [-0.2, -0.15) is 0 Å². The first-order valence-electron chi connectivity index (χ1n) is 8.04. The van der Waals surface area contributed by atoms with Gasteiger partial charge >= 0.3 is 5.97 Å². The fraction of sp³-hybridized carbons (Fsp3) is 0.158. The molecule has 2 aromatic carbocycles. The van der Waals surface area contributed by atoms with Crippen molar-refractivity contribution in [1.29, 1.82) is 0 Å². The van der Waals surface area contributed by atoms with Crippen molar-refractivity contribution in [2.24, 2.45) is 4.99 Å². The van der Waals surface area contributed by atoms with Crippen molar-refractivity contribution in [1.82, 2.24) is 0 Å². The second-order valence-corrected chi connectivity index (χ2v) is 5.59. The van der Waals surface area contributed by atoms with Crippen LogP contribution in [0.1, 0.15) is 11.1 Å². The summed E-state index contributed by atoms with van der Waals surface area (Å²) in [5.74, 6) is 0.415. The van der Waals surface area contributed by atoms with Crippen molar-refractivity contribution < 1.29 is 28.7 Å². The SMILES string of the molecule is COc1cccc(C2=N/C(=C/c3cc(OC)c(OC)cc3[N+](=O)[O-])C(=O)O2)c1. The minimum absolute atomic E-state index is 0.0758. The van der Waals surface area contributed by atoms with Crippen LogP contribution in [0.3, 0.4) is 0 Å². The predicted molar refractivity (Wildman–Crippen MR) is 99.8 cm³/mol. The lowest BCUT2D eigenvalue weighted by atomic mass is 10.1. The van der Waals surface area contributed by atoms with E-state index in [0.717, 1.165) is 0 Å². The van der Waals surface area contributed by atoms with E-state index in [-0.39, 0.29) is 34.3 Å². The van der Waals surface area contributed by atoms with Crippen molar-refractivity contribution in [3.8, 4) is 17.2 Å². The molecule has 0 radical (unpaired) electrons. The fourth-order valence-corrected chi connectivity index (χ4v) is 2.59. The molecule has 3 rings (SSSR count). The first-order chi connectivity index (χ1) is 13.5. The van der Waals surface area contributed by atoms with Gasteiger partial charge in [0.25, 0.3) is 5.69 Å². The molecule has 2 aromatic rings. The van der Waals surface area contributed by atoms with Crippen molar-refractivity contribution in [2.45, 2.75) is 0 Å². The quantitative estimate of drug-likeness (QED) is 0.326. The number of esters is 1. The van der Waals surface area contributed by atoms with E-state index in [4.69, 9.17) is 18.9 Å². The first-order valence-corrected chi connectivity index (χ1v) is 8.04. The van der Waals surface area contributed by atoms with Crippen LogP contribution in [-0.4, -0.2) is 38.1 Å². The number of methoxy groups -OCH3 is 3. The van der Waals surface area contributed by atoms with E-state index >= 15 is 0 Å². The van der Waals surface area contributed by atoms with Crippen LogP contribution in [0.5, 0.6) is 17.2 Å². The summed E-state index contributed by atoms with van der Waals surface area (Å²) in [6.07, 6.45) is 1.27. The van der Waals surface area contributed by atoms with E-state index in [1.807, 2.05) is 0 Å². The van der Waals surface area contributed by atoms with E-state index < -0.39 is 10.9 Å². The van der Waals surface area contributed by atoms with Crippen LogP contribution in [0, 0.1) is 10.1 Å². The number of nitro groups is 1. The molecule has 9 nitrogen and oxygen atoms in total. The zero-order valence-corrected chi connectivity index (χ0v) is 15.3. The summed E-state index contributed by atoms with van der Waals surface area (Å²) in [4.78, 5) is 27.2. The van der Waals surface area contributed by atoms with E-state index in [1.54, 1.807) is 24.3 Å². The van der Waals surface area contributed by atoms with E-state index in [2.05, 4.69) is 4.99 Å². The third-order valence-corrected chi connectivity index (χ3v) is 3.96. The molecule has 1 aliphatic heterocycles. The Balaban J connectivity index is 2.06. The van der Waals surface area contributed by atoms with Gasteiger partial charge < -0.3 is 18.9 Å². The van der Waals surface area contributed by atoms with Gasteiger partial charge in [-0.1, -0.05) is 6.07 Å². The molecule has 0 saturated carbocycles. The maximum atomic E-state index is 12.2. The van der Waals surface area contributed by atoms with Crippen molar-refractivity contribution >= 4 is 23.6 Å². The van der Waals surface area contributed by atoms with Crippen LogP contribution in [0.2, 0.25) is 0 Å². The summed E-state index contributed by atoms with van der Waals surface area (Å²) >= 11 is 0. The van der Waals surface area contributed by atoms with E-state index in [1.165, 1.54) is 39.5 Å². The second-order valence-electron chi connectivity index (χ2n) is 5.59. The zero-order valence-electron chi connectivity index (χ0n) is 15.3. The van der Waals surface area contributed by atoms with Crippen LogP contribution in [-0.2, 0) is 9.53 Å². The summed E-state index contributed by atoms with van der Waals surface area (Å²) in [7, 11) is 4.30. The molecule has 0 fully saturated rings. The maximum absolute atomic E-state index is 12.2. The lowest BCUT2D eigenvalue weighted by Crippen LogP contribution is -2.05. The summed E-state index contributed by atoms with van der Waals surface area (Å²) in [5.41, 5.74) is 0.333. The molecule has 0 bridgehead atoms. The Kier molecular flexibility index (Phi) is 5.25. The van der Waals surface area contributed by atoms with Gasteiger partial charge in [-0.3, -0.25) is 10.1 Å². The molecule has 0 aliphatic carbocycles. The molecule has 1 aliphatic rings. The molecule has 9 heteroatoms. The average molecular weight is 384 g/mol. The smallest absolute Gasteiger partial charge is 0.363 e. The number of hydrogen-bond acceptors (Lipinski definition) is 8. The van der Waals surface area contributed by atoms with Gasteiger partial charge in [-0.05, 0) is 30.3 Å². The second kappa shape index (κ2) is 7.78. The van der Waals surface area contributed by atoms with Crippen molar-refractivity contribution in [3.05, 3.63) is 63.3 Å². The Labute approximate surface area is 160 Å². The Morgan fingerprint density at radius 2 is 1.79 bits per heavy atom. The summed E-state index contributed by atoms with van der Waals surface area (Å²) in [6.45, 7) is 0. The van der Waals surface area contributed by atoms with Crippen LogP contribution in [0.4, 0.5) is 5.69 Å². The predicted octanol–water partition coefficient (Wildman–Crippen LogP) is 2.97. The Morgan fingerprint density at radius 1 is 1.07 bits per heavy atom. The van der Waals surface area contributed by atoms with E-state index in [9.17, 15) is 14.9 Å². The minimum atomic E-state index is -0.720. The van der Waals surface area contributed by atoms with Crippen LogP contribution >= 0.6 is 0 Å². The molecular formula is C19H16N2O7. The Hall–Kier alpha value is -3.88. The van der Waals surface area contributed by atoms with Gasteiger partial charge in [0.2, 0.25) is 5.90 Å². The number of carbonyl (C=O) groups excluding carboxylic acids is 1. The topological polar surface area (TPSA) is 109 Å². The summed E-state index contributed by atoms with van der Waals surface area (Å²) in [5, 5.41) is 11.4. The molecule has 0 unspecified atom stereocenters. The highest BCUT2D eigenvalue weighted by molar-refractivity contribution is 6.13. The average Bonchev–Trinajstić information content (AvgIpc) is 3.07.